The highest BCUT2D eigenvalue weighted by atomic mass is 16.7. The third-order valence-electron chi connectivity index (χ3n) is 6.97. The SMILES string of the molecule is C[C@H]1O[C@H](Oc2ccc(-c3cc(=O)c4c(O)cc(O[C@@H]5C[C@@H](O)[C@H](O)[C@@H](CO)O5)cc4o3)cc2)[C@@H](O)[C@@H](O)[C@@H]1O. The Morgan fingerprint density at radius 1 is 0.875 bits per heavy atom. The van der Waals surface area contributed by atoms with Gasteiger partial charge in [-0.05, 0) is 31.2 Å². The van der Waals surface area contributed by atoms with Gasteiger partial charge >= 0.3 is 0 Å². The lowest BCUT2D eigenvalue weighted by Gasteiger charge is -2.38. The zero-order valence-corrected chi connectivity index (χ0v) is 21.2. The molecule has 0 amide bonds. The molecule has 0 saturated carbocycles. The van der Waals surface area contributed by atoms with Crippen LogP contribution in [0.5, 0.6) is 17.2 Å². The molecule has 3 aromatic rings. The van der Waals surface area contributed by atoms with Crippen molar-refractivity contribution in [2.75, 3.05) is 6.61 Å². The van der Waals surface area contributed by atoms with E-state index in [1.54, 1.807) is 12.1 Å². The molecule has 2 fully saturated rings. The van der Waals surface area contributed by atoms with E-state index in [1.165, 1.54) is 37.3 Å². The third kappa shape index (κ3) is 5.50. The summed E-state index contributed by atoms with van der Waals surface area (Å²) in [6.07, 6.45) is -10.9. The Kier molecular flexibility index (Phi) is 7.99. The molecule has 0 bridgehead atoms. The topological polar surface area (TPSA) is 209 Å². The normalized spacial score (nSPS) is 32.6. The second kappa shape index (κ2) is 11.3. The molecule has 13 nitrogen and oxygen atoms in total. The van der Waals surface area contributed by atoms with E-state index in [2.05, 4.69) is 0 Å². The molecule has 0 unspecified atom stereocenters. The van der Waals surface area contributed by atoms with Gasteiger partial charge in [0.2, 0.25) is 12.6 Å². The van der Waals surface area contributed by atoms with E-state index in [0.29, 0.717) is 5.56 Å². The van der Waals surface area contributed by atoms with Crippen molar-refractivity contribution in [3.05, 3.63) is 52.7 Å². The van der Waals surface area contributed by atoms with Crippen molar-refractivity contribution in [3.63, 3.8) is 0 Å². The van der Waals surface area contributed by atoms with Crippen molar-refractivity contribution in [1.82, 2.24) is 0 Å². The van der Waals surface area contributed by atoms with Gasteiger partial charge in [-0.2, -0.15) is 0 Å². The lowest BCUT2D eigenvalue weighted by molar-refractivity contribution is -0.268. The number of benzene rings is 2. The minimum Gasteiger partial charge on any atom is -0.507 e. The Labute approximate surface area is 227 Å². The van der Waals surface area contributed by atoms with Crippen molar-refractivity contribution >= 4 is 11.0 Å². The van der Waals surface area contributed by atoms with E-state index >= 15 is 0 Å². The smallest absolute Gasteiger partial charge is 0.229 e. The Hall–Kier alpha value is -3.27. The zero-order chi connectivity index (χ0) is 28.7. The molecule has 7 N–H and O–H groups in total. The summed E-state index contributed by atoms with van der Waals surface area (Å²) in [5.74, 6) is 0.0988. The maximum atomic E-state index is 12.8. The summed E-state index contributed by atoms with van der Waals surface area (Å²) in [4.78, 5) is 12.8. The summed E-state index contributed by atoms with van der Waals surface area (Å²) in [6.45, 7) is 0.999. The predicted octanol–water partition coefficient (Wildman–Crippen LogP) is -0.420. The number of ether oxygens (including phenoxy) is 4. The maximum absolute atomic E-state index is 12.8. The lowest BCUT2D eigenvalue weighted by atomic mass is 10.00. The number of phenols is 1. The fourth-order valence-electron chi connectivity index (χ4n) is 4.69. The molecule has 5 rings (SSSR count). The first kappa shape index (κ1) is 28.3. The number of aromatic hydroxyl groups is 1. The molecule has 1 aromatic heterocycles. The van der Waals surface area contributed by atoms with E-state index in [9.17, 15) is 40.5 Å². The van der Waals surface area contributed by atoms with Gasteiger partial charge in [-0.25, -0.2) is 0 Å². The van der Waals surface area contributed by atoms with Crippen LogP contribution in [0.4, 0.5) is 0 Å². The highest BCUT2D eigenvalue weighted by molar-refractivity contribution is 5.86. The van der Waals surface area contributed by atoms with Gasteiger partial charge in [-0.15, -0.1) is 0 Å². The van der Waals surface area contributed by atoms with Crippen LogP contribution in [0.1, 0.15) is 13.3 Å². The minimum atomic E-state index is -1.48. The van der Waals surface area contributed by atoms with Crippen molar-refractivity contribution in [2.45, 2.75) is 68.7 Å². The number of rotatable bonds is 6. The summed E-state index contributed by atoms with van der Waals surface area (Å²) in [6, 6.07) is 10.0. The molecular weight excluding hydrogens is 532 g/mol. The number of fused-ring (bicyclic) bond motifs is 1. The Balaban J connectivity index is 1.36. The first-order chi connectivity index (χ1) is 19.0. The number of hydrogen-bond acceptors (Lipinski definition) is 13. The Bertz CT molecular complexity index is 1390. The van der Waals surface area contributed by atoms with Gasteiger partial charge in [0, 0.05) is 30.2 Å². The van der Waals surface area contributed by atoms with E-state index in [-0.39, 0.29) is 34.6 Å². The molecule has 0 aliphatic carbocycles. The zero-order valence-electron chi connectivity index (χ0n) is 21.2. The van der Waals surface area contributed by atoms with Gasteiger partial charge in [0.1, 0.15) is 64.5 Å². The summed E-state index contributed by atoms with van der Waals surface area (Å²) in [5.41, 5.74) is -0.0357. The number of aliphatic hydroxyl groups excluding tert-OH is 6. The highest BCUT2D eigenvalue weighted by Crippen LogP contribution is 2.34. The molecule has 2 saturated heterocycles. The van der Waals surface area contributed by atoms with E-state index < -0.39 is 73.1 Å². The van der Waals surface area contributed by atoms with Gasteiger partial charge in [0.25, 0.3) is 0 Å². The summed E-state index contributed by atoms with van der Waals surface area (Å²) in [7, 11) is 0. The van der Waals surface area contributed by atoms with E-state index in [1.807, 2.05) is 0 Å². The molecule has 0 radical (unpaired) electrons. The van der Waals surface area contributed by atoms with Crippen molar-refractivity contribution in [3.8, 4) is 28.6 Å². The van der Waals surface area contributed by atoms with Crippen molar-refractivity contribution in [1.29, 1.82) is 0 Å². The van der Waals surface area contributed by atoms with Crippen LogP contribution in [0.25, 0.3) is 22.3 Å². The second-order valence-electron chi connectivity index (χ2n) is 9.81. The van der Waals surface area contributed by atoms with Gasteiger partial charge in [0.05, 0.1) is 18.8 Å². The van der Waals surface area contributed by atoms with Crippen LogP contribution in [0.15, 0.2) is 51.7 Å². The molecular formula is C27H30O13. The highest BCUT2D eigenvalue weighted by Gasteiger charge is 2.43. The fourth-order valence-corrected chi connectivity index (χ4v) is 4.69. The second-order valence-corrected chi connectivity index (χ2v) is 9.81. The molecule has 13 heteroatoms. The lowest BCUT2D eigenvalue weighted by Crippen LogP contribution is -2.58. The van der Waals surface area contributed by atoms with Crippen LogP contribution >= 0.6 is 0 Å². The number of aliphatic hydroxyl groups is 6. The van der Waals surface area contributed by atoms with Crippen LogP contribution in [0.2, 0.25) is 0 Å². The molecule has 40 heavy (non-hydrogen) atoms. The fraction of sp³-hybridized carbons (Fsp3) is 0.444. The van der Waals surface area contributed by atoms with Crippen LogP contribution in [-0.4, -0.2) is 97.7 Å². The Morgan fingerprint density at radius 2 is 1.60 bits per heavy atom. The summed E-state index contributed by atoms with van der Waals surface area (Å²) >= 11 is 0. The van der Waals surface area contributed by atoms with E-state index in [4.69, 9.17) is 23.4 Å². The van der Waals surface area contributed by atoms with Crippen molar-refractivity contribution in [2.24, 2.45) is 0 Å². The van der Waals surface area contributed by atoms with E-state index in [0.717, 1.165) is 0 Å². The van der Waals surface area contributed by atoms with Gasteiger partial charge in [-0.3, -0.25) is 4.79 Å². The standard InChI is InChI=1S/C27H30O13/c1-11-23(32)25(34)26(35)27(36-11)38-13-4-2-12(3-5-13)18-8-16(30)22-15(29)6-14(7-19(22)39-18)37-21-9-17(31)24(33)20(10-28)40-21/h2-8,11,17,20-21,23-29,31-35H,9-10H2,1H3/t11-,17-,20-,21+,23-,24+,25+,26+,27-/m1/s1. The first-order valence-corrected chi connectivity index (χ1v) is 12.6. The van der Waals surface area contributed by atoms with Crippen LogP contribution < -0.4 is 14.9 Å². The molecule has 3 heterocycles. The molecule has 216 valence electrons. The van der Waals surface area contributed by atoms with Crippen LogP contribution in [0, 0.1) is 0 Å². The predicted molar refractivity (Wildman–Crippen MR) is 136 cm³/mol. The van der Waals surface area contributed by atoms with Crippen LogP contribution in [-0.2, 0) is 9.47 Å². The monoisotopic (exact) mass is 562 g/mol. The Morgan fingerprint density at radius 3 is 2.30 bits per heavy atom. The average Bonchev–Trinajstić information content (AvgIpc) is 2.92. The van der Waals surface area contributed by atoms with Crippen LogP contribution in [0.3, 0.4) is 0 Å². The van der Waals surface area contributed by atoms with Gasteiger partial charge in [-0.1, -0.05) is 0 Å². The molecule has 0 spiro atoms. The van der Waals surface area contributed by atoms with Gasteiger partial charge < -0.3 is 59.1 Å². The molecule has 2 aliphatic rings. The average molecular weight is 563 g/mol. The first-order valence-electron chi connectivity index (χ1n) is 12.6. The molecule has 2 aliphatic heterocycles. The maximum Gasteiger partial charge on any atom is 0.229 e. The third-order valence-corrected chi connectivity index (χ3v) is 6.97. The largest absolute Gasteiger partial charge is 0.507 e. The van der Waals surface area contributed by atoms with Gasteiger partial charge in [0.15, 0.2) is 5.43 Å². The number of hydrogen-bond donors (Lipinski definition) is 7. The quantitative estimate of drug-likeness (QED) is 0.204. The summed E-state index contributed by atoms with van der Waals surface area (Å²) in [5, 5.41) is 69.7. The minimum absolute atomic E-state index is 0.00758. The summed E-state index contributed by atoms with van der Waals surface area (Å²) < 4.78 is 28.1. The number of phenolic OH excluding ortho intramolecular Hbond substituents is 1. The molecule has 9 atom stereocenters. The molecule has 2 aromatic carbocycles. The van der Waals surface area contributed by atoms with Crippen molar-refractivity contribution < 1.29 is 59.1 Å².